The fraction of sp³-hybridized carbons (Fsp3) is 0.737. The lowest BCUT2D eigenvalue weighted by Gasteiger charge is -2.04. The first-order chi connectivity index (χ1) is 20.8. The van der Waals surface area contributed by atoms with E-state index in [0.717, 1.165) is 0 Å². The Morgan fingerprint density at radius 3 is 1.00 bits per heavy atom. The molecule has 0 atom stereocenters. The molecule has 4 heteroatoms. The highest BCUT2D eigenvalue weighted by molar-refractivity contribution is 7.99. The van der Waals surface area contributed by atoms with Gasteiger partial charge in [-0.3, -0.25) is 0 Å². The molecule has 0 saturated heterocycles. The molecule has 0 aliphatic rings. The summed E-state index contributed by atoms with van der Waals surface area (Å²) in [5, 5.41) is 0. The summed E-state index contributed by atoms with van der Waals surface area (Å²) in [7, 11) is 0. The third kappa shape index (κ3) is 20.8. The number of thioether (sulfide) groups is 2. The van der Waals surface area contributed by atoms with E-state index in [-0.39, 0.29) is 0 Å². The second kappa shape index (κ2) is 27.5. The fourth-order valence-electron chi connectivity index (χ4n) is 5.53. The summed E-state index contributed by atoms with van der Waals surface area (Å²) in [5.74, 6) is 2.51. The van der Waals surface area contributed by atoms with Crippen LogP contribution in [0.3, 0.4) is 0 Å². The van der Waals surface area contributed by atoms with E-state index in [1.807, 2.05) is 23.5 Å². The van der Waals surface area contributed by atoms with Crippen molar-refractivity contribution in [3.63, 3.8) is 0 Å². The molecule has 238 valence electrons. The summed E-state index contributed by atoms with van der Waals surface area (Å²) in [6.45, 7) is 6.93. The zero-order valence-electron chi connectivity index (χ0n) is 27.7. The molecule has 0 spiro atoms. The van der Waals surface area contributed by atoms with Crippen molar-refractivity contribution in [3.05, 3.63) is 49.1 Å². The van der Waals surface area contributed by atoms with Crippen LogP contribution >= 0.6 is 23.5 Å². The number of unbranched alkanes of at least 4 members (excludes halogenated alkanes) is 19. The van der Waals surface area contributed by atoms with Gasteiger partial charge in [-0.1, -0.05) is 117 Å². The van der Waals surface area contributed by atoms with Crippen LogP contribution in [0.25, 0.3) is 0 Å². The second-order valence-corrected chi connectivity index (χ2v) is 14.6. The quantitative estimate of drug-likeness (QED) is 0.0511. The Morgan fingerprint density at radius 1 is 0.381 bits per heavy atom. The molecule has 0 fully saturated rings. The molecule has 0 amide bonds. The van der Waals surface area contributed by atoms with Crippen molar-refractivity contribution in [1.82, 2.24) is 0 Å². The summed E-state index contributed by atoms with van der Waals surface area (Å²) in [5.41, 5.74) is 0. The first kappa shape index (κ1) is 37.2. The lowest BCUT2D eigenvalue weighted by Crippen LogP contribution is -2.32. The minimum atomic E-state index is 1.17. The molecule has 2 aromatic heterocycles. The zero-order valence-corrected chi connectivity index (χ0v) is 29.3. The Kier molecular flexibility index (Phi) is 24.4. The van der Waals surface area contributed by atoms with Crippen molar-refractivity contribution < 1.29 is 9.13 Å². The Hall–Kier alpha value is -1.00. The SMILES string of the molecule is CCCCCCCCCC[n+]1ccc(SCCCCCCCCSc2cc[n+](CCCCCCCCCC)cc2)cc1. The summed E-state index contributed by atoms with van der Waals surface area (Å²) < 4.78 is 4.73. The van der Waals surface area contributed by atoms with E-state index in [0.29, 0.717) is 0 Å². The molecule has 42 heavy (non-hydrogen) atoms. The van der Waals surface area contributed by atoms with Gasteiger partial charge in [-0.05, 0) is 37.2 Å². The van der Waals surface area contributed by atoms with Gasteiger partial charge in [0.15, 0.2) is 24.8 Å². The van der Waals surface area contributed by atoms with Crippen molar-refractivity contribution in [3.8, 4) is 0 Å². The maximum absolute atomic E-state index is 2.37. The van der Waals surface area contributed by atoms with Crippen LogP contribution < -0.4 is 9.13 Å². The number of aromatic nitrogens is 2. The molecule has 2 rings (SSSR count). The highest BCUT2D eigenvalue weighted by atomic mass is 32.2. The predicted molar refractivity (Wildman–Crippen MR) is 188 cm³/mol. The predicted octanol–water partition coefficient (Wildman–Crippen LogP) is 11.8. The Morgan fingerprint density at radius 2 is 0.667 bits per heavy atom. The molecule has 2 nitrogen and oxygen atoms in total. The third-order valence-electron chi connectivity index (χ3n) is 8.34. The Bertz CT molecular complexity index is 766. The molecule has 0 unspecified atom stereocenters. The van der Waals surface area contributed by atoms with E-state index in [4.69, 9.17) is 0 Å². The number of nitrogens with zero attached hydrogens (tertiary/aromatic N) is 2. The molecular formula is C38H66N2S2+2. The van der Waals surface area contributed by atoms with Gasteiger partial charge in [0, 0.05) is 46.9 Å². The average molecular weight is 615 g/mol. The summed E-state index contributed by atoms with van der Waals surface area (Å²) in [4.78, 5) is 2.86. The molecule has 0 aromatic carbocycles. The van der Waals surface area contributed by atoms with Crippen molar-refractivity contribution >= 4 is 23.5 Å². The highest BCUT2D eigenvalue weighted by Gasteiger charge is 2.04. The van der Waals surface area contributed by atoms with Crippen LogP contribution in [0.5, 0.6) is 0 Å². The maximum atomic E-state index is 2.37. The van der Waals surface area contributed by atoms with Gasteiger partial charge in [0.1, 0.15) is 13.1 Å². The number of pyridine rings is 2. The molecule has 0 N–H and O–H groups in total. The van der Waals surface area contributed by atoms with E-state index in [2.05, 4.69) is 72.0 Å². The van der Waals surface area contributed by atoms with E-state index in [1.165, 1.54) is 176 Å². The van der Waals surface area contributed by atoms with E-state index < -0.39 is 0 Å². The van der Waals surface area contributed by atoms with Crippen LogP contribution in [0.1, 0.15) is 155 Å². The molecule has 2 heterocycles. The maximum Gasteiger partial charge on any atom is 0.169 e. The van der Waals surface area contributed by atoms with E-state index >= 15 is 0 Å². The zero-order chi connectivity index (χ0) is 29.8. The van der Waals surface area contributed by atoms with Gasteiger partial charge in [0.25, 0.3) is 0 Å². The molecule has 0 bridgehead atoms. The molecule has 0 radical (unpaired) electrons. The van der Waals surface area contributed by atoms with Crippen molar-refractivity contribution in [2.45, 2.75) is 178 Å². The summed E-state index contributed by atoms with van der Waals surface area (Å²) >= 11 is 4.06. The first-order valence-electron chi connectivity index (χ1n) is 18.1. The molecule has 0 saturated carbocycles. The van der Waals surface area contributed by atoms with E-state index in [1.54, 1.807) is 0 Å². The lowest BCUT2D eigenvalue weighted by molar-refractivity contribution is -0.697. The van der Waals surface area contributed by atoms with Crippen molar-refractivity contribution in [1.29, 1.82) is 0 Å². The Balaban J connectivity index is 1.37. The van der Waals surface area contributed by atoms with E-state index in [9.17, 15) is 0 Å². The number of hydrogen-bond donors (Lipinski definition) is 0. The standard InChI is InChI=1S/C38H66N2S2/c1-3-5-7-9-11-13-17-21-29-39-31-25-37(26-32-39)41-35-23-19-15-16-20-24-36-42-38-27-33-40(34-28-38)30-22-18-14-12-10-8-6-4-2/h25-28,31-34H,3-24,29-30,35-36H2,1-2H3/q+2. The number of hydrogen-bond acceptors (Lipinski definition) is 2. The monoisotopic (exact) mass is 614 g/mol. The largest absolute Gasteiger partial charge is 0.205 e. The van der Waals surface area contributed by atoms with Crippen LogP contribution in [-0.4, -0.2) is 11.5 Å². The normalized spacial score (nSPS) is 11.4. The smallest absolute Gasteiger partial charge is 0.169 e. The second-order valence-electron chi connectivity index (χ2n) is 12.3. The molecule has 0 aliphatic carbocycles. The minimum Gasteiger partial charge on any atom is -0.205 e. The lowest BCUT2D eigenvalue weighted by atomic mass is 10.1. The van der Waals surface area contributed by atoms with Crippen LogP contribution in [0.2, 0.25) is 0 Å². The first-order valence-corrected chi connectivity index (χ1v) is 20.0. The average Bonchev–Trinajstić information content (AvgIpc) is 3.02. The van der Waals surface area contributed by atoms with Crippen molar-refractivity contribution in [2.75, 3.05) is 11.5 Å². The van der Waals surface area contributed by atoms with Gasteiger partial charge in [0.05, 0.1) is 0 Å². The summed E-state index contributed by atoms with van der Waals surface area (Å²) in [6.07, 6.45) is 39.6. The van der Waals surface area contributed by atoms with Gasteiger partial charge in [-0.2, -0.15) is 0 Å². The fourth-order valence-corrected chi connectivity index (χ4v) is 7.32. The minimum absolute atomic E-state index is 1.17. The highest BCUT2D eigenvalue weighted by Crippen LogP contribution is 2.21. The number of aryl methyl sites for hydroxylation is 2. The summed E-state index contributed by atoms with van der Waals surface area (Å²) in [6, 6.07) is 9.26. The molecule has 0 aliphatic heterocycles. The van der Waals surface area contributed by atoms with Crippen molar-refractivity contribution in [2.24, 2.45) is 0 Å². The van der Waals surface area contributed by atoms with Gasteiger partial charge in [-0.25, -0.2) is 9.13 Å². The Labute approximate surface area is 270 Å². The topological polar surface area (TPSA) is 7.76 Å². The van der Waals surface area contributed by atoms with Gasteiger partial charge in [0.2, 0.25) is 0 Å². The van der Waals surface area contributed by atoms with Gasteiger partial charge < -0.3 is 0 Å². The van der Waals surface area contributed by atoms with Gasteiger partial charge in [-0.15, -0.1) is 23.5 Å². The molecular weight excluding hydrogens is 549 g/mol. The van der Waals surface area contributed by atoms with Crippen LogP contribution in [0.4, 0.5) is 0 Å². The van der Waals surface area contributed by atoms with Crippen LogP contribution in [0, 0.1) is 0 Å². The third-order valence-corrected chi connectivity index (χ3v) is 10.5. The molecule has 2 aromatic rings. The number of rotatable bonds is 29. The van der Waals surface area contributed by atoms with Crippen LogP contribution in [0.15, 0.2) is 58.8 Å². The van der Waals surface area contributed by atoms with Crippen LogP contribution in [-0.2, 0) is 13.1 Å². The van der Waals surface area contributed by atoms with Gasteiger partial charge >= 0.3 is 0 Å².